The molecular formula is C16H27F3N4O4S. The van der Waals surface area contributed by atoms with Crippen molar-refractivity contribution in [3.8, 4) is 0 Å². The number of aromatic nitrogens is 1. The Bertz CT molecular complexity index is 713. The lowest BCUT2D eigenvalue weighted by Crippen LogP contribution is -2.36. The molecule has 162 valence electrons. The van der Waals surface area contributed by atoms with Gasteiger partial charge in [0.15, 0.2) is 10.1 Å². The van der Waals surface area contributed by atoms with Crippen molar-refractivity contribution in [1.82, 2.24) is 19.7 Å². The third-order valence-corrected chi connectivity index (χ3v) is 4.16. The normalized spacial score (nSPS) is 12.4. The van der Waals surface area contributed by atoms with Crippen molar-refractivity contribution < 1.29 is 30.9 Å². The summed E-state index contributed by atoms with van der Waals surface area (Å²) in [6, 6.07) is 3.73. The molecule has 0 saturated carbocycles. The van der Waals surface area contributed by atoms with E-state index < -0.39 is 15.6 Å². The number of quaternary nitrogens is 1. The summed E-state index contributed by atoms with van der Waals surface area (Å²) in [5, 5.41) is 2.93. The molecule has 12 heteroatoms. The largest absolute Gasteiger partial charge is 0.741 e. The lowest BCUT2D eigenvalue weighted by atomic mass is 10.2. The summed E-state index contributed by atoms with van der Waals surface area (Å²) < 4.78 is 59.5. The van der Waals surface area contributed by atoms with Gasteiger partial charge in [-0.05, 0) is 19.2 Å². The number of hydrogen-bond donors (Lipinski definition) is 1. The van der Waals surface area contributed by atoms with Crippen LogP contribution in [0.3, 0.4) is 0 Å². The van der Waals surface area contributed by atoms with E-state index in [1.165, 1.54) is 0 Å². The van der Waals surface area contributed by atoms with E-state index in [1.807, 2.05) is 33.3 Å². The zero-order valence-corrected chi connectivity index (χ0v) is 17.4. The van der Waals surface area contributed by atoms with Gasteiger partial charge in [-0.1, -0.05) is 13.8 Å². The number of likely N-dealkylation sites (N-methyl/N-ethyl adjacent to an activating group) is 1. The SMILES string of the molecule is CCN(CC)CCNC(=O)c1ccc([N+](C)(C)C)nc1.O=S(=O)([O-])C(F)(F)F. The molecule has 0 fully saturated rings. The smallest absolute Gasteiger partial charge is 0.485 e. The molecule has 8 nitrogen and oxygen atoms in total. The minimum Gasteiger partial charge on any atom is -0.741 e. The Labute approximate surface area is 163 Å². The molecule has 0 aliphatic rings. The quantitative estimate of drug-likeness (QED) is 0.400. The Morgan fingerprint density at radius 1 is 1.21 bits per heavy atom. The highest BCUT2D eigenvalue weighted by Gasteiger charge is 2.36. The molecule has 0 radical (unpaired) electrons. The third kappa shape index (κ3) is 9.44. The Morgan fingerprint density at radius 2 is 1.71 bits per heavy atom. The van der Waals surface area contributed by atoms with Crippen LogP contribution in [0.1, 0.15) is 24.2 Å². The van der Waals surface area contributed by atoms with Crippen LogP contribution >= 0.6 is 0 Å². The molecule has 1 N–H and O–H groups in total. The average molecular weight is 428 g/mol. The van der Waals surface area contributed by atoms with Gasteiger partial charge >= 0.3 is 5.51 Å². The van der Waals surface area contributed by atoms with Crippen LogP contribution in [0, 0.1) is 0 Å². The van der Waals surface area contributed by atoms with Crippen LogP contribution in [-0.2, 0) is 10.1 Å². The van der Waals surface area contributed by atoms with E-state index >= 15 is 0 Å². The van der Waals surface area contributed by atoms with E-state index in [0.29, 0.717) is 16.6 Å². The van der Waals surface area contributed by atoms with Crippen molar-refractivity contribution in [3.63, 3.8) is 0 Å². The second-order valence-electron chi connectivity index (χ2n) is 6.60. The zero-order valence-electron chi connectivity index (χ0n) is 16.6. The fourth-order valence-electron chi connectivity index (χ4n) is 1.89. The highest BCUT2D eigenvalue weighted by molar-refractivity contribution is 7.86. The van der Waals surface area contributed by atoms with Gasteiger partial charge in [0.1, 0.15) is 0 Å². The first-order valence-corrected chi connectivity index (χ1v) is 9.85. The summed E-state index contributed by atoms with van der Waals surface area (Å²) in [7, 11) is 0.0531. The topological polar surface area (TPSA) is 102 Å². The molecule has 0 spiro atoms. The maximum absolute atomic E-state index is 12.0. The van der Waals surface area contributed by atoms with Gasteiger partial charge in [0.05, 0.1) is 26.7 Å². The number of carbonyl (C=O) groups is 1. The first-order chi connectivity index (χ1) is 12.6. The van der Waals surface area contributed by atoms with E-state index in [9.17, 15) is 18.0 Å². The number of amides is 1. The number of halogens is 3. The summed E-state index contributed by atoms with van der Waals surface area (Å²) in [4.78, 5) is 18.6. The summed E-state index contributed by atoms with van der Waals surface area (Å²) >= 11 is 0. The van der Waals surface area contributed by atoms with E-state index in [-0.39, 0.29) is 5.91 Å². The van der Waals surface area contributed by atoms with Crippen molar-refractivity contribution in [1.29, 1.82) is 0 Å². The molecule has 1 heterocycles. The second-order valence-corrected chi connectivity index (χ2v) is 7.97. The molecule has 0 aliphatic carbocycles. The molecule has 1 aromatic heterocycles. The van der Waals surface area contributed by atoms with Crippen molar-refractivity contribution in [2.24, 2.45) is 0 Å². The van der Waals surface area contributed by atoms with Gasteiger partial charge < -0.3 is 14.8 Å². The van der Waals surface area contributed by atoms with Crippen molar-refractivity contribution in [3.05, 3.63) is 23.9 Å². The Morgan fingerprint density at radius 3 is 2.04 bits per heavy atom. The molecule has 0 unspecified atom stereocenters. The standard InChI is InChI=1S/C15H26N4O.CHF3O3S/c1-6-18(7-2)11-10-16-15(20)13-8-9-14(17-12-13)19(3,4)5;2-1(3,4)8(5,6)7/h8-9,12H,6-7,10-11H2,1-5H3;(H,5,6,7). The molecule has 0 aromatic carbocycles. The van der Waals surface area contributed by atoms with Crippen LogP contribution in [0.2, 0.25) is 0 Å². The highest BCUT2D eigenvalue weighted by Crippen LogP contribution is 2.20. The number of alkyl halides is 3. The molecular weight excluding hydrogens is 401 g/mol. The van der Waals surface area contributed by atoms with E-state index in [1.54, 1.807) is 6.20 Å². The van der Waals surface area contributed by atoms with Crippen LogP contribution in [0.5, 0.6) is 0 Å². The summed E-state index contributed by atoms with van der Waals surface area (Å²) in [5.74, 6) is 0.877. The molecule has 28 heavy (non-hydrogen) atoms. The van der Waals surface area contributed by atoms with Gasteiger partial charge in [-0.3, -0.25) is 9.28 Å². The van der Waals surface area contributed by atoms with Gasteiger partial charge in [0, 0.05) is 25.4 Å². The summed E-state index contributed by atoms with van der Waals surface area (Å²) in [6.07, 6.45) is 1.64. The predicted molar refractivity (Wildman–Crippen MR) is 99.7 cm³/mol. The molecule has 1 rings (SSSR count). The van der Waals surface area contributed by atoms with Crippen molar-refractivity contribution >= 4 is 21.8 Å². The fourth-order valence-corrected chi connectivity index (χ4v) is 1.89. The Kier molecular flexibility index (Phi) is 10.0. The third-order valence-electron chi connectivity index (χ3n) is 3.59. The summed E-state index contributed by atoms with van der Waals surface area (Å²) in [5.41, 5.74) is -5.03. The van der Waals surface area contributed by atoms with E-state index in [4.69, 9.17) is 13.0 Å². The van der Waals surface area contributed by atoms with Crippen LogP contribution in [0.4, 0.5) is 19.0 Å². The van der Waals surface area contributed by atoms with Crippen molar-refractivity contribution in [2.45, 2.75) is 19.4 Å². The monoisotopic (exact) mass is 428 g/mol. The van der Waals surface area contributed by atoms with Crippen LogP contribution in [0.25, 0.3) is 0 Å². The average Bonchev–Trinajstić information content (AvgIpc) is 2.56. The lowest BCUT2D eigenvalue weighted by Gasteiger charge is -2.21. The van der Waals surface area contributed by atoms with Gasteiger partial charge in [-0.2, -0.15) is 13.2 Å². The maximum Gasteiger partial charge on any atom is 0.485 e. The molecule has 0 saturated heterocycles. The zero-order chi connectivity index (χ0) is 22.2. The maximum atomic E-state index is 12.0. The van der Waals surface area contributed by atoms with Gasteiger partial charge in [-0.15, -0.1) is 0 Å². The van der Waals surface area contributed by atoms with Crippen LogP contribution in [0.15, 0.2) is 18.3 Å². The van der Waals surface area contributed by atoms with Gasteiger partial charge in [0.25, 0.3) is 5.91 Å². The molecule has 0 aliphatic heterocycles. The number of rotatable bonds is 7. The minimum atomic E-state index is -6.09. The molecule has 0 bridgehead atoms. The first kappa shape index (κ1) is 26.2. The molecule has 0 atom stereocenters. The van der Waals surface area contributed by atoms with Crippen LogP contribution in [-0.4, -0.2) is 81.6 Å². The van der Waals surface area contributed by atoms with E-state index in [2.05, 4.69) is 29.0 Å². The first-order valence-electron chi connectivity index (χ1n) is 8.44. The number of nitrogens with zero attached hydrogens (tertiary/aromatic N) is 3. The van der Waals surface area contributed by atoms with Gasteiger partial charge in [0.2, 0.25) is 5.82 Å². The minimum absolute atomic E-state index is 0.0578. The molecule has 1 aromatic rings. The Hall–Kier alpha value is -1.76. The number of pyridine rings is 1. The lowest BCUT2D eigenvalue weighted by molar-refractivity contribution is -0.0517. The predicted octanol–water partition coefficient (Wildman–Crippen LogP) is 1.40. The summed E-state index contributed by atoms with van der Waals surface area (Å²) in [6.45, 7) is 7.80. The Balaban J connectivity index is 0.000000769. The van der Waals surface area contributed by atoms with Crippen molar-refractivity contribution in [2.75, 3.05) is 47.3 Å². The van der Waals surface area contributed by atoms with Gasteiger partial charge in [-0.25, -0.2) is 13.4 Å². The highest BCUT2D eigenvalue weighted by atomic mass is 32.2. The number of carbonyl (C=O) groups excluding carboxylic acids is 1. The molecule has 1 amide bonds. The second kappa shape index (κ2) is 10.7. The number of nitrogens with one attached hydrogen (secondary N) is 1. The van der Waals surface area contributed by atoms with E-state index in [0.717, 1.165) is 25.5 Å². The van der Waals surface area contributed by atoms with Crippen LogP contribution < -0.4 is 9.80 Å². The fraction of sp³-hybridized carbons (Fsp3) is 0.625. The number of hydrogen-bond acceptors (Lipinski definition) is 6.